The lowest BCUT2D eigenvalue weighted by Gasteiger charge is -2.13. The highest BCUT2D eigenvalue weighted by atomic mass is 16.5. The van der Waals surface area contributed by atoms with E-state index in [2.05, 4.69) is 5.32 Å². The maximum absolute atomic E-state index is 11.3. The van der Waals surface area contributed by atoms with Crippen molar-refractivity contribution in [1.29, 1.82) is 0 Å². The number of benzene rings is 1. The first kappa shape index (κ1) is 11.1. The van der Waals surface area contributed by atoms with E-state index in [-0.39, 0.29) is 6.04 Å². The molecule has 0 saturated carbocycles. The average Bonchev–Trinajstić information content (AvgIpc) is 2.30. The second kappa shape index (κ2) is 7.01. The first-order valence-electron chi connectivity index (χ1n) is 6.10. The molecule has 1 aromatic carbocycles. The minimum atomic E-state index is -1.01. The third kappa shape index (κ3) is 4.94. The first-order valence-corrected chi connectivity index (χ1v) is 5.52. The molecule has 0 radical (unpaired) electrons. The van der Waals surface area contributed by atoms with E-state index in [1.165, 1.54) is 5.56 Å². The van der Waals surface area contributed by atoms with Crippen LogP contribution in [0.2, 0.25) is 0 Å². The van der Waals surface area contributed by atoms with E-state index in [4.69, 9.17) is 6.11 Å². The zero-order valence-electron chi connectivity index (χ0n) is 10.8. The van der Waals surface area contributed by atoms with Crippen molar-refractivity contribution in [2.24, 2.45) is 0 Å². The number of hydrogen-bond acceptors (Lipinski definition) is 3. The van der Waals surface area contributed by atoms with Gasteiger partial charge in [0.25, 0.3) is 0 Å². The zero-order valence-corrected chi connectivity index (χ0v) is 9.77. The number of carbonyl (C=O) groups is 1. The Morgan fingerprint density at radius 3 is 2.81 bits per heavy atom. The smallest absolute Gasteiger partial charge is 0.319 e. The fourth-order valence-electron chi connectivity index (χ4n) is 1.42. The summed E-state index contributed by atoms with van der Waals surface area (Å²) in [6.45, 7) is 2.99. The first-order chi connectivity index (χ1) is 8.13. The second-order valence-corrected chi connectivity index (χ2v) is 3.65. The molecule has 0 aliphatic heterocycles. The SMILES string of the molecule is [2H]C(NC(C)Cc1ccccc1)C(=O)OCC. The molecule has 0 aromatic heterocycles. The largest absolute Gasteiger partial charge is 0.465 e. The van der Waals surface area contributed by atoms with Crippen molar-refractivity contribution >= 4 is 5.97 Å². The average molecular weight is 222 g/mol. The molecule has 0 aliphatic carbocycles. The topological polar surface area (TPSA) is 38.3 Å². The molecule has 0 fully saturated rings. The summed E-state index contributed by atoms with van der Waals surface area (Å²) in [5.74, 6) is -0.521. The molecule has 1 N–H and O–H groups in total. The van der Waals surface area contributed by atoms with E-state index >= 15 is 0 Å². The highest BCUT2D eigenvalue weighted by Gasteiger charge is 2.06. The van der Waals surface area contributed by atoms with Gasteiger partial charge in [-0.1, -0.05) is 30.3 Å². The van der Waals surface area contributed by atoms with Gasteiger partial charge in [0, 0.05) is 6.04 Å². The molecule has 0 bridgehead atoms. The minimum Gasteiger partial charge on any atom is -0.465 e. The van der Waals surface area contributed by atoms with Crippen molar-refractivity contribution in [3.8, 4) is 0 Å². The van der Waals surface area contributed by atoms with Crippen LogP contribution in [-0.4, -0.2) is 25.1 Å². The van der Waals surface area contributed by atoms with Gasteiger partial charge in [-0.25, -0.2) is 0 Å². The molecule has 2 atom stereocenters. The fourth-order valence-corrected chi connectivity index (χ4v) is 1.42. The van der Waals surface area contributed by atoms with E-state index in [1.54, 1.807) is 6.92 Å². The molecule has 0 spiro atoms. The zero-order chi connectivity index (χ0) is 12.7. The Labute approximate surface area is 98.2 Å². The van der Waals surface area contributed by atoms with Gasteiger partial charge in [0.05, 0.1) is 14.5 Å². The van der Waals surface area contributed by atoms with E-state index in [1.807, 2.05) is 37.3 Å². The summed E-state index contributed by atoms with van der Waals surface area (Å²) >= 11 is 0. The monoisotopic (exact) mass is 222 g/mol. The Balaban J connectivity index is 2.39. The van der Waals surface area contributed by atoms with Crippen LogP contribution in [0.15, 0.2) is 30.3 Å². The van der Waals surface area contributed by atoms with Gasteiger partial charge in [0.15, 0.2) is 0 Å². The second-order valence-electron chi connectivity index (χ2n) is 3.65. The molecule has 3 nitrogen and oxygen atoms in total. The Bertz CT molecular complexity index is 343. The van der Waals surface area contributed by atoms with Gasteiger partial charge >= 0.3 is 5.97 Å². The van der Waals surface area contributed by atoms with Gasteiger partial charge in [-0.15, -0.1) is 0 Å². The highest BCUT2D eigenvalue weighted by Crippen LogP contribution is 2.02. The molecule has 0 amide bonds. The van der Waals surface area contributed by atoms with Crippen LogP contribution < -0.4 is 5.32 Å². The number of rotatable bonds is 6. The van der Waals surface area contributed by atoms with Crippen molar-refractivity contribution in [1.82, 2.24) is 5.32 Å². The summed E-state index contributed by atoms with van der Waals surface area (Å²) in [5, 5.41) is 2.91. The number of esters is 1. The van der Waals surface area contributed by atoms with E-state index < -0.39 is 12.5 Å². The molecule has 0 heterocycles. The Hall–Kier alpha value is -1.35. The molecule has 88 valence electrons. The maximum atomic E-state index is 11.3. The van der Waals surface area contributed by atoms with Crippen LogP contribution in [0.25, 0.3) is 0 Å². The van der Waals surface area contributed by atoms with Crippen molar-refractivity contribution in [3.05, 3.63) is 35.9 Å². The van der Waals surface area contributed by atoms with Crippen LogP contribution in [0.4, 0.5) is 0 Å². The predicted octanol–water partition coefficient (Wildman–Crippen LogP) is 1.77. The summed E-state index contributed by atoms with van der Waals surface area (Å²) in [6.07, 6.45) is 0.787. The molecule has 2 unspecified atom stereocenters. The molecule has 0 saturated heterocycles. The molecule has 1 rings (SSSR count). The summed E-state index contributed by atoms with van der Waals surface area (Å²) in [7, 11) is 0. The van der Waals surface area contributed by atoms with Gasteiger partial charge in [0.2, 0.25) is 0 Å². The lowest BCUT2D eigenvalue weighted by molar-refractivity contribution is -0.142. The van der Waals surface area contributed by atoms with Crippen molar-refractivity contribution < 1.29 is 10.9 Å². The highest BCUT2D eigenvalue weighted by molar-refractivity contribution is 5.71. The van der Waals surface area contributed by atoms with Crippen LogP contribution in [0.1, 0.15) is 20.8 Å². The van der Waals surface area contributed by atoms with Crippen LogP contribution >= 0.6 is 0 Å². The summed E-state index contributed by atoms with van der Waals surface area (Å²) in [5.41, 5.74) is 1.18. The number of hydrogen-bond donors (Lipinski definition) is 1. The van der Waals surface area contributed by atoms with Crippen molar-refractivity contribution in [2.75, 3.05) is 13.1 Å². The maximum Gasteiger partial charge on any atom is 0.319 e. The number of ether oxygens (including phenoxy) is 1. The normalized spacial score (nSPS) is 15.0. The minimum absolute atomic E-state index is 0.0595. The van der Waals surface area contributed by atoms with E-state index in [9.17, 15) is 4.79 Å². The van der Waals surface area contributed by atoms with Crippen molar-refractivity contribution in [3.63, 3.8) is 0 Å². The van der Waals surface area contributed by atoms with Crippen LogP contribution in [0.5, 0.6) is 0 Å². The van der Waals surface area contributed by atoms with E-state index in [0.717, 1.165) is 6.42 Å². The molecular formula is C13H19NO2. The Morgan fingerprint density at radius 2 is 2.19 bits per heavy atom. The van der Waals surface area contributed by atoms with Gasteiger partial charge < -0.3 is 10.1 Å². The van der Waals surface area contributed by atoms with Crippen molar-refractivity contribution in [2.45, 2.75) is 26.3 Å². The van der Waals surface area contributed by atoms with Crippen LogP contribution in [0.3, 0.4) is 0 Å². The quantitative estimate of drug-likeness (QED) is 0.745. The standard InChI is InChI=1S/C13H19NO2/c1-3-16-13(15)10-14-11(2)9-12-7-5-4-6-8-12/h4-8,11,14H,3,9-10H2,1-2H3/i10D. The third-order valence-electron chi connectivity index (χ3n) is 2.16. The van der Waals surface area contributed by atoms with Gasteiger partial charge in [-0.2, -0.15) is 0 Å². The lowest BCUT2D eigenvalue weighted by atomic mass is 10.1. The third-order valence-corrected chi connectivity index (χ3v) is 2.16. The predicted molar refractivity (Wildman–Crippen MR) is 64.2 cm³/mol. The van der Waals surface area contributed by atoms with E-state index in [0.29, 0.717) is 6.61 Å². The molecule has 3 heteroatoms. The Morgan fingerprint density at radius 1 is 1.50 bits per heavy atom. The lowest BCUT2D eigenvalue weighted by Crippen LogP contribution is -2.33. The molecular weight excluding hydrogens is 202 g/mol. The molecule has 16 heavy (non-hydrogen) atoms. The summed E-state index contributed by atoms with van der Waals surface area (Å²) < 4.78 is 12.4. The van der Waals surface area contributed by atoms with Crippen LogP contribution in [0, 0.1) is 0 Å². The number of nitrogens with one attached hydrogen (secondary N) is 1. The van der Waals surface area contributed by atoms with Gasteiger partial charge in [-0.3, -0.25) is 4.79 Å². The Kier molecular flexibility index (Phi) is 4.88. The van der Waals surface area contributed by atoms with Crippen LogP contribution in [-0.2, 0) is 16.0 Å². The molecule has 0 aliphatic rings. The molecule has 1 aromatic rings. The number of carbonyl (C=O) groups excluding carboxylic acids is 1. The van der Waals surface area contributed by atoms with Gasteiger partial charge in [-0.05, 0) is 25.8 Å². The van der Waals surface area contributed by atoms with Gasteiger partial charge in [0.1, 0.15) is 0 Å². The fraction of sp³-hybridized carbons (Fsp3) is 0.462. The summed E-state index contributed by atoms with van der Waals surface area (Å²) in [4.78, 5) is 11.3. The summed E-state index contributed by atoms with van der Waals surface area (Å²) in [6, 6.07) is 10.0.